The van der Waals surface area contributed by atoms with Crippen LogP contribution >= 0.6 is 0 Å². The van der Waals surface area contributed by atoms with E-state index in [1.807, 2.05) is 0 Å². The Labute approximate surface area is 161 Å². The van der Waals surface area contributed by atoms with Gasteiger partial charge in [-0.3, -0.25) is 4.79 Å². The van der Waals surface area contributed by atoms with Gasteiger partial charge in [0.2, 0.25) is 0 Å². The summed E-state index contributed by atoms with van der Waals surface area (Å²) in [4.78, 5) is 11.7. The minimum absolute atomic E-state index is 0.127. The number of aryl methyl sites for hydroxylation is 3. The molecule has 0 aliphatic carbocycles. The molecule has 28 heavy (non-hydrogen) atoms. The fraction of sp³-hybridized carbons (Fsp3) is 0.381. The lowest BCUT2D eigenvalue weighted by molar-refractivity contribution is -0.143. The first-order chi connectivity index (χ1) is 13.0. The molecule has 0 saturated heterocycles. The number of rotatable bonds is 5. The molecule has 0 aromatic heterocycles. The molecule has 2 aromatic rings. The highest BCUT2D eigenvalue weighted by Gasteiger charge is 2.31. The summed E-state index contributed by atoms with van der Waals surface area (Å²) in [6.45, 7) is 6.55. The first-order valence-corrected chi connectivity index (χ1v) is 8.85. The Morgan fingerprint density at radius 3 is 2.14 bits per heavy atom. The minimum Gasteiger partial charge on any atom is -0.466 e. The molecule has 0 aliphatic heterocycles. The second-order valence-electron chi connectivity index (χ2n) is 6.79. The third-order valence-electron chi connectivity index (χ3n) is 4.52. The fourth-order valence-corrected chi connectivity index (χ4v) is 3.30. The van der Waals surface area contributed by atoms with Crippen LogP contribution in [0.25, 0.3) is 11.1 Å². The predicted molar refractivity (Wildman–Crippen MR) is 99.2 cm³/mol. The first kappa shape index (κ1) is 21.9. The van der Waals surface area contributed by atoms with Crippen molar-refractivity contribution in [3.63, 3.8) is 0 Å². The molecule has 1 atom stereocenters. The Morgan fingerprint density at radius 1 is 1.07 bits per heavy atom. The molecule has 2 rings (SSSR count). The maximum Gasteiger partial charge on any atom is 0.416 e. The summed E-state index contributed by atoms with van der Waals surface area (Å²) in [5.41, 5.74) is 7.68. The summed E-state index contributed by atoms with van der Waals surface area (Å²) >= 11 is 0. The monoisotopic (exact) mass is 397 g/mol. The van der Waals surface area contributed by atoms with Crippen molar-refractivity contribution >= 4 is 5.97 Å². The van der Waals surface area contributed by atoms with Crippen LogP contribution in [0.2, 0.25) is 0 Å². The summed E-state index contributed by atoms with van der Waals surface area (Å²) < 4.78 is 58.6. The zero-order valence-corrected chi connectivity index (χ0v) is 16.2. The van der Waals surface area contributed by atoms with E-state index in [9.17, 15) is 22.4 Å². The number of esters is 1. The van der Waals surface area contributed by atoms with Crippen LogP contribution in [-0.4, -0.2) is 12.6 Å². The lowest BCUT2D eigenvalue weighted by Gasteiger charge is -2.19. The molecule has 0 fully saturated rings. The van der Waals surface area contributed by atoms with Crippen molar-refractivity contribution in [1.82, 2.24) is 0 Å². The van der Waals surface area contributed by atoms with Gasteiger partial charge in [-0.25, -0.2) is 4.39 Å². The van der Waals surface area contributed by atoms with Gasteiger partial charge in [0.25, 0.3) is 0 Å². The third-order valence-corrected chi connectivity index (χ3v) is 4.52. The lowest BCUT2D eigenvalue weighted by Crippen LogP contribution is -2.19. The second-order valence-corrected chi connectivity index (χ2v) is 6.79. The van der Waals surface area contributed by atoms with Gasteiger partial charge in [0.05, 0.1) is 18.6 Å². The Bertz CT molecular complexity index is 868. The van der Waals surface area contributed by atoms with Gasteiger partial charge in [-0.1, -0.05) is 0 Å². The number of carbonyl (C=O) groups is 1. The smallest absolute Gasteiger partial charge is 0.416 e. The van der Waals surface area contributed by atoms with E-state index < -0.39 is 29.6 Å². The summed E-state index contributed by atoms with van der Waals surface area (Å²) in [5, 5.41) is 0. The topological polar surface area (TPSA) is 52.3 Å². The summed E-state index contributed by atoms with van der Waals surface area (Å²) in [6, 6.07) is 4.28. The normalized spacial score (nSPS) is 12.8. The van der Waals surface area contributed by atoms with Gasteiger partial charge < -0.3 is 10.5 Å². The van der Waals surface area contributed by atoms with Crippen molar-refractivity contribution in [3.8, 4) is 11.1 Å². The number of halogens is 4. The number of benzene rings is 2. The van der Waals surface area contributed by atoms with Gasteiger partial charge in [-0.05, 0) is 79.8 Å². The van der Waals surface area contributed by atoms with Crippen molar-refractivity contribution in [1.29, 1.82) is 0 Å². The highest BCUT2D eigenvalue weighted by Crippen LogP contribution is 2.37. The van der Waals surface area contributed by atoms with Gasteiger partial charge in [-0.2, -0.15) is 13.2 Å². The molecule has 0 saturated carbocycles. The Balaban J connectivity index is 2.54. The van der Waals surface area contributed by atoms with E-state index in [4.69, 9.17) is 10.5 Å². The van der Waals surface area contributed by atoms with E-state index in [0.29, 0.717) is 27.8 Å². The van der Waals surface area contributed by atoms with Crippen molar-refractivity contribution in [3.05, 3.63) is 57.9 Å². The molecule has 0 amide bonds. The van der Waals surface area contributed by atoms with Gasteiger partial charge >= 0.3 is 12.1 Å². The summed E-state index contributed by atoms with van der Waals surface area (Å²) in [5.74, 6) is -1.08. The molecule has 0 spiro atoms. The molecule has 152 valence electrons. The molecular weight excluding hydrogens is 374 g/mol. The van der Waals surface area contributed by atoms with Crippen molar-refractivity contribution in [2.24, 2.45) is 5.73 Å². The molecule has 0 radical (unpaired) electrons. The van der Waals surface area contributed by atoms with Crippen LogP contribution in [0.4, 0.5) is 17.6 Å². The van der Waals surface area contributed by atoms with E-state index in [1.54, 1.807) is 33.8 Å². The Kier molecular flexibility index (Phi) is 6.49. The second kappa shape index (κ2) is 8.31. The number of alkyl halides is 3. The van der Waals surface area contributed by atoms with E-state index in [2.05, 4.69) is 0 Å². The quantitative estimate of drug-likeness (QED) is 0.544. The van der Waals surface area contributed by atoms with Gasteiger partial charge in [0.15, 0.2) is 0 Å². The van der Waals surface area contributed by atoms with Crippen LogP contribution < -0.4 is 5.73 Å². The molecule has 7 heteroatoms. The largest absolute Gasteiger partial charge is 0.466 e. The maximum atomic E-state index is 14.6. The number of nitrogens with two attached hydrogens (primary N) is 1. The van der Waals surface area contributed by atoms with Crippen LogP contribution in [0.15, 0.2) is 24.3 Å². The average molecular weight is 397 g/mol. The van der Waals surface area contributed by atoms with Gasteiger partial charge in [-0.15, -0.1) is 0 Å². The van der Waals surface area contributed by atoms with Gasteiger partial charge in [0.1, 0.15) is 5.82 Å². The number of ether oxygens (including phenoxy) is 1. The average Bonchev–Trinajstić information content (AvgIpc) is 2.56. The lowest BCUT2D eigenvalue weighted by atomic mass is 9.89. The molecule has 0 bridgehead atoms. The van der Waals surface area contributed by atoms with E-state index in [0.717, 1.165) is 12.1 Å². The van der Waals surface area contributed by atoms with Gasteiger partial charge in [0, 0.05) is 11.6 Å². The maximum absolute atomic E-state index is 14.6. The van der Waals surface area contributed by atoms with Crippen LogP contribution in [0, 0.1) is 26.6 Å². The number of hydrogen-bond donors (Lipinski definition) is 1. The summed E-state index contributed by atoms with van der Waals surface area (Å²) in [6.07, 6.45) is -4.64. The first-order valence-electron chi connectivity index (χ1n) is 8.85. The molecule has 0 heterocycles. The van der Waals surface area contributed by atoms with Crippen molar-refractivity contribution in [2.45, 2.75) is 46.3 Å². The molecule has 2 aromatic carbocycles. The van der Waals surface area contributed by atoms with Crippen molar-refractivity contribution < 1.29 is 27.1 Å². The molecule has 3 nitrogen and oxygen atoms in total. The standard InChI is InChI=1S/C21H23F4NO2/c1-5-28-18(27)10-17(26)16-9-14(6-13(4)20(16)22)19-11(2)7-15(8-12(19)3)21(23,24)25/h6-9,17H,5,10,26H2,1-4H3/t17-/m0/s1. The third kappa shape index (κ3) is 4.70. The number of hydrogen-bond acceptors (Lipinski definition) is 3. The molecule has 0 unspecified atom stereocenters. The molecule has 0 aliphatic rings. The zero-order chi connectivity index (χ0) is 21.2. The van der Waals surface area contributed by atoms with E-state index in [1.165, 1.54) is 6.07 Å². The van der Waals surface area contributed by atoms with Crippen LogP contribution in [0.1, 0.15) is 47.2 Å². The Morgan fingerprint density at radius 2 is 1.64 bits per heavy atom. The van der Waals surface area contributed by atoms with E-state index in [-0.39, 0.29) is 18.6 Å². The van der Waals surface area contributed by atoms with Crippen LogP contribution in [0.5, 0.6) is 0 Å². The van der Waals surface area contributed by atoms with Crippen LogP contribution in [0.3, 0.4) is 0 Å². The number of carbonyl (C=O) groups excluding carboxylic acids is 1. The Hall–Kier alpha value is -2.41. The molecule has 2 N–H and O–H groups in total. The zero-order valence-electron chi connectivity index (χ0n) is 16.2. The van der Waals surface area contributed by atoms with Crippen molar-refractivity contribution in [2.75, 3.05) is 6.61 Å². The van der Waals surface area contributed by atoms with E-state index >= 15 is 0 Å². The minimum atomic E-state index is -4.44. The highest BCUT2D eigenvalue weighted by atomic mass is 19.4. The fourth-order valence-electron chi connectivity index (χ4n) is 3.30. The highest BCUT2D eigenvalue weighted by molar-refractivity contribution is 5.74. The molecular formula is C21H23F4NO2. The predicted octanol–water partition coefficient (Wildman–Crippen LogP) is 5.39. The van der Waals surface area contributed by atoms with Crippen LogP contribution in [-0.2, 0) is 15.7 Å². The SMILES string of the molecule is CCOC(=O)C[C@H](N)c1cc(-c2c(C)cc(C(F)(F)F)cc2C)cc(C)c1F. The summed E-state index contributed by atoms with van der Waals surface area (Å²) in [7, 11) is 0.